The fourth-order valence-electron chi connectivity index (χ4n) is 1.82. The van der Waals surface area contributed by atoms with E-state index in [4.69, 9.17) is 0 Å². The van der Waals surface area contributed by atoms with Gasteiger partial charge in [0.15, 0.2) is 0 Å². The lowest BCUT2D eigenvalue weighted by atomic mass is 10.2. The van der Waals surface area contributed by atoms with Crippen LogP contribution in [0, 0.1) is 0 Å². The van der Waals surface area contributed by atoms with Crippen LogP contribution in [0.3, 0.4) is 0 Å². The average molecular weight is 220 g/mol. The Morgan fingerprint density at radius 2 is 2.47 bits per heavy atom. The molecule has 0 radical (unpaired) electrons. The SMILES string of the molecule is c1cc2cnsc2nc1NC1CCNC1. The van der Waals surface area contributed by atoms with Crippen LogP contribution in [0.1, 0.15) is 6.42 Å². The Balaban J connectivity index is 1.84. The summed E-state index contributed by atoms with van der Waals surface area (Å²) in [5, 5.41) is 7.87. The number of rotatable bonds is 2. The van der Waals surface area contributed by atoms with Gasteiger partial charge in [-0.1, -0.05) is 0 Å². The number of aromatic nitrogens is 2. The molecule has 1 fully saturated rings. The summed E-state index contributed by atoms with van der Waals surface area (Å²) in [6, 6.07) is 4.61. The zero-order chi connectivity index (χ0) is 10.1. The third kappa shape index (κ3) is 1.80. The molecule has 1 aliphatic rings. The highest BCUT2D eigenvalue weighted by Crippen LogP contribution is 2.18. The summed E-state index contributed by atoms with van der Waals surface area (Å²) in [6.45, 7) is 2.13. The van der Waals surface area contributed by atoms with E-state index in [-0.39, 0.29) is 0 Å². The fraction of sp³-hybridized carbons (Fsp3) is 0.400. The van der Waals surface area contributed by atoms with Crippen molar-refractivity contribution in [1.29, 1.82) is 0 Å². The standard InChI is InChI=1S/C10H12N4S/c1-2-9(13-8-3-4-11-6-8)14-10-7(1)5-12-15-10/h1-2,5,8,11H,3-4,6H2,(H,13,14). The molecule has 15 heavy (non-hydrogen) atoms. The summed E-state index contributed by atoms with van der Waals surface area (Å²) in [5.74, 6) is 0.959. The van der Waals surface area contributed by atoms with Gasteiger partial charge in [-0.3, -0.25) is 0 Å². The molecule has 2 N–H and O–H groups in total. The van der Waals surface area contributed by atoms with Crippen molar-refractivity contribution in [3.8, 4) is 0 Å². The summed E-state index contributed by atoms with van der Waals surface area (Å²) in [5.41, 5.74) is 0. The molecular weight excluding hydrogens is 208 g/mol. The zero-order valence-electron chi connectivity index (χ0n) is 8.23. The smallest absolute Gasteiger partial charge is 0.145 e. The van der Waals surface area contributed by atoms with Crippen molar-refractivity contribution in [3.63, 3.8) is 0 Å². The Morgan fingerprint density at radius 1 is 1.47 bits per heavy atom. The molecule has 1 saturated heterocycles. The van der Waals surface area contributed by atoms with E-state index in [0.717, 1.165) is 29.1 Å². The quantitative estimate of drug-likeness (QED) is 0.804. The number of hydrogen-bond donors (Lipinski definition) is 2. The van der Waals surface area contributed by atoms with Crippen molar-refractivity contribution in [2.75, 3.05) is 18.4 Å². The first-order chi connectivity index (χ1) is 7.42. The molecule has 3 rings (SSSR count). The fourth-order valence-corrected chi connectivity index (χ4v) is 2.45. The van der Waals surface area contributed by atoms with Crippen LogP contribution in [0.4, 0.5) is 5.82 Å². The Hall–Kier alpha value is -1.20. The number of anilines is 1. The molecule has 1 aliphatic heterocycles. The predicted molar refractivity (Wildman–Crippen MR) is 62.3 cm³/mol. The van der Waals surface area contributed by atoms with Crippen LogP contribution in [0.2, 0.25) is 0 Å². The minimum absolute atomic E-state index is 0.517. The highest BCUT2D eigenvalue weighted by Gasteiger charge is 2.14. The molecule has 0 saturated carbocycles. The van der Waals surface area contributed by atoms with Crippen molar-refractivity contribution in [1.82, 2.24) is 14.7 Å². The molecule has 0 amide bonds. The molecule has 1 unspecified atom stereocenters. The largest absolute Gasteiger partial charge is 0.366 e. The second kappa shape index (κ2) is 3.75. The lowest BCUT2D eigenvalue weighted by Gasteiger charge is -2.11. The second-order valence-corrected chi connectivity index (χ2v) is 4.53. The lowest BCUT2D eigenvalue weighted by Crippen LogP contribution is -2.22. The number of nitrogens with one attached hydrogen (secondary N) is 2. The maximum absolute atomic E-state index is 4.52. The summed E-state index contributed by atoms with van der Waals surface area (Å²) >= 11 is 1.44. The van der Waals surface area contributed by atoms with Gasteiger partial charge in [0.25, 0.3) is 0 Å². The van der Waals surface area contributed by atoms with Crippen LogP contribution < -0.4 is 10.6 Å². The molecule has 1 atom stereocenters. The van der Waals surface area contributed by atoms with Gasteiger partial charge in [0.1, 0.15) is 10.6 Å². The van der Waals surface area contributed by atoms with E-state index in [0.29, 0.717) is 6.04 Å². The van der Waals surface area contributed by atoms with Gasteiger partial charge in [-0.25, -0.2) is 4.98 Å². The number of hydrogen-bond acceptors (Lipinski definition) is 5. The van der Waals surface area contributed by atoms with Gasteiger partial charge in [0.2, 0.25) is 0 Å². The first-order valence-electron chi connectivity index (χ1n) is 5.10. The van der Waals surface area contributed by atoms with Crippen LogP contribution >= 0.6 is 11.5 Å². The Morgan fingerprint density at radius 3 is 3.33 bits per heavy atom. The molecule has 0 bridgehead atoms. The number of pyridine rings is 1. The summed E-state index contributed by atoms with van der Waals surface area (Å²) < 4.78 is 4.11. The molecule has 2 aromatic heterocycles. The summed E-state index contributed by atoms with van der Waals surface area (Å²) in [4.78, 5) is 5.52. The zero-order valence-corrected chi connectivity index (χ0v) is 9.05. The maximum Gasteiger partial charge on any atom is 0.145 e. The highest BCUT2D eigenvalue weighted by molar-refractivity contribution is 7.12. The van der Waals surface area contributed by atoms with Crippen LogP contribution in [-0.2, 0) is 0 Å². The average Bonchev–Trinajstić information content (AvgIpc) is 2.87. The predicted octanol–water partition coefficient (Wildman–Crippen LogP) is 1.47. The molecular formula is C10H12N4S. The van der Waals surface area contributed by atoms with Gasteiger partial charge in [0.05, 0.1) is 6.20 Å². The lowest BCUT2D eigenvalue weighted by molar-refractivity contribution is 0.789. The van der Waals surface area contributed by atoms with Crippen LogP contribution in [0.5, 0.6) is 0 Å². The number of nitrogens with zero attached hydrogens (tertiary/aromatic N) is 2. The Bertz CT molecular complexity index is 461. The Kier molecular flexibility index (Phi) is 2.26. The summed E-state index contributed by atoms with van der Waals surface area (Å²) in [6.07, 6.45) is 3.02. The van der Waals surface area contributed by atoms with E-state index in [2.05, 4.69) is 26.1 Å². The minimum atomic E-state index is 0.517. The molecule has 2 aromatic rings. The molecule has 0 aliphatic carbocycles. The second-order valence-electron chi connectivity index (χ2n) is 3.75. The van der Waals surface area contributed by atoms with E-state index < -0.39 is 0 Å². The molecule has 0 aromatic carbocycles. The number of fused-ring (bicyclic) bond motifs is 1. The van der Waals surface area contributed by atoms with E-state index in [1.807, 2.05) is 12.3 Å². The monoisotopic (exact) mass is 220 g/mol. The molecule has 3 heterocycles. The topological polar surface area (TPSA) is 49.8 Å². The molecule has 4 nitrogen and oxygen atoms in total. The van der Waals surface area contributed by atoms with Gasteiger partial charge in [-0.2, -0.15) is 4.37 Å². The highest BCUT2D eigenvalue weighted by atomic mass is 32.1. The van der Waals surface area contributed by atoms with E-state index >= 15 is 0 Å². The molecule has 0 spiro atoms. The third-order valence-electron chi connectivity index (χ3n) is 2.63. The van der Waals surface area contributed by atoms with Gasteiger partial charge in [-0.05, 0) is 36.6 Å². The van der Waals surface area contributed by atoms with Crippen molar-refractivity contribution in [3.05, 3.63) is 18.3 Å². The van der Waals surface area contributed by atoms with Crippen LogP contribution in [0.15, 0.2) is 18.3 Å². The first kappa shape index (κ1) is 9.06. The first-order valence-corrected chi connectivity index (χ1v) is 5.88. The van der Waals surface area contributed by atoms with Crippen LogP contribution in [-0.4, -0.2) is 28.5 Å². The van der Waals surface area contributed by atoms with E-state index in [1.54, 1.807) is 0 Å². The van der Waals surface area contributed by atoms with Crippen molar-refractivity contribution in [2.24, 2.45) is 0 Å². The van der Waals surface area contributed by atoms with Gasteiger partial charge >= 0.3 is 0 Å². The van der Waals surface area contributed by atoms with Gasteiger partial charge in [-0.15, -0.1) is 0 Å². The van der Waals surface area contributed by atoms with Gasteiger partial charge < -0.3 is 10.6 Å². The normalized spacial score (nSPS) is 20.9. The molecule has 5 heteroatoms. The van der Waals surface area contributed by atoms with Crippen molar-refractivity contribution >= 4 is 27.6 Å². The van der Waals surface area contributed by atoms with E-state index in [1.165, 1.54) is 18.0 Å². The van der Waals surface area contributed by atoms with Gasteiger partial charge in [0, 0.05) is 18.0 Å². The van der Waals surface area contributed by atoms with Crippen molar-refractivity contribution < 1.29 is 0 Å². The van der Waals surface area contributed by atoms with Crippen molar-refractivity contribution in [2.45, 2.75) is 12.5 Å². The third-order valence-corrected chi connectivity index (χ3v) is 3.34. The van der Waals surface area contributed by atoms with Crippen LogP contribution in [0.25, 0.3) is 10.2 Å². The molecule has 78 valence electrons. The van der Waals surface area contributed by atoms with E-state index in [9.17, 15) is 0 Å². The Labute approximate surface area is 91.9 Å². The summed E-state index contributed by atoms with van der Waals surface area (Å²) in [7, 11) is 0. The minimum Gasteiger partial charge on any atom is -0.366 e. The maximum atomic E-state index is 4.52.